The van der Waals surface area contributed by atoms with Gasteiger partial charge in [0.1, 0.15) is 69.5 Å². The highest BCUT2D eigenvalue weighted by Gasteiger charge is 2.64. The Kier molecular flexibility index (Phi) is 11.6. The van der Waals surface area contributed by atoms with E-state index in [4.69, 9.17) is 9.47 Å². The first-order valence-electron chi connectivity index (χ1n) is 16.2. The molecular weight excluding hydrogens is 801 g/mol. The van der Waals surface area contributed by atoms with Gasteiger partial charge in [-0.25, -0.2) is 14.3 Å². The van der Waals surface area contributed by atoms with Gasteiger partial charge in [0.05, 0.1) is 14.2 Å². The number of carbonyl (C=O) groups excluding carboxylic acids is 4. The third-order valence-corrected chi connectivity index (χ3v) is 13.7. The highest BCUT2D eigenvalue weighted by molar-refractivity contribution is 8.02. The molecule has 6 heterocycles. The molecule has 0 saturated carbocycles. The summed E-state index contributed by atoms with van der Waals surface area (Å²) in [6, 6.07) is 2.46. The topological polar surface area (TPSA) is 261 Å². The summed E-state index contributed by atoms with van der Waals surface area (Å²) in [5.41, 5.74) is 0.822. The predicted molar refractivity (Wildman–Crippen MR) is 197 cm³/mol. The van der Waals surface area contributed by atoms with Crippen molar-refractivity contribution in [3.63, 3.8) is 0 Å². The number of β-lactam (4-membered cyclic amide) rings is 2. The molecule has 24 heteroatoms. The zero-order valence-electron chi connectivity index (χ0n) is 29.7. The van der Waals surface area contributed by atoms with E-state index in [-0.39, 0.29) is 17.8 Å². The molecule has 4 aliphatic heterocycles. The highest BCUT2D eigenvalue weighted by Crippen LogP contribution is 2.51. The second kappa shape index (κ2) is 16.0. The van der Waals surface area contributed by atoms with Gasteiger partial charge >= 0.3 is 11.9 Å². The normalized spacial score (nSPS) is 23.3. The number of nitrogens with zero attached hydrogens (tertiary/aromatic N) is 8. The lowest BCUT2D eigenvalue weighted by Gasteiger charge is -2.49. The Balaban J connectivity index is 0.000000188. The molecule has 0 unspecified atom stereocenters. The number of nitrogens with one attached hydrogen (secondary N) is 2. The molecule has 292 valence electrons. The Bertz CT molecular complexity index is 2040. The van der Waals surface area contributed by atoms with Crippen molar-refractivity contribution in [1.82, 2.24) is 50.8 Å². The lowest BCUT2D eigenvalue weighted by atomic mass is 9.96. The SMILES string of the molecule is COc1cccc(OC)c1C(=O)N[C@@H]1C(=O)N2[C@@H]1SC(C)(C)[C@@H]2C(=O)O.Cc1nnc(SCC2=C(C(=O)O)N3C(=O)[C@@H](NC(=O)Cn4cnnn4)[C@H]3SC2)s1. The van der Waals surface area contributed by atoms with Gasteiger partial charge in [0, 0.05) is 16.3 Å². The number of hydrogen-bond acceptors (Lipinski definition) is 17. The molecule has 5 atom stereocenters. The van der Waals surface area contributed by atoms with Gasteiger partial charge in [-0.3, -0.25) is 24.1 Å². The number of carbonyl (C=O) groups is 6. The van der Waals surface area contributed by atoms with Crippen molar-refractivity contribution in [1.29, 1.82) is 0 Å². The minimum atomic E-state index is -1.16. The van der Waals surface area contributed by atoms with E-state index < -0.39 is 69.2 Å². The number of thioether (sulfide) groups is 3. The first kappa shape index (κ1) is 39.7. The fraction of sp³-hybridized carbons (Fsp3) is 0.452. The largest absolute Gasteiger partial charge is 0.496 e. The molecule has 0 aliphatic carbocycles. The number of aryl methyl sites for hydroxylation is 1. The molecular formula is C31H34N10O10S4. The number of fused-ring (bicyclic) bond motifs is 2. The number of aliphatic carboxylic acids is 2. The van der Waals surface area contributed by atoms with Crippen LogP contribution in [0.15, 0.2) is 40.1 Å². The van der Waals surface area contributed by atoms with Crippen molar-refractivity contribution in [3.05, 3.63) is 46.4 Å². The molecule has 3 aromatic rings. The van der Waals surface area contributed by atoms with E-state index in [0.29, 0.717) is 28.6 Å². The Hall–Kier alpha value is -4.94. The van der Waals surface area contributed by atoms with Gasteiger partial charge in [-0.15, -0.1) is 38.8 Å². The number of rotatable bonds is 12. The average Bonchev–Trinajstić information content (AvgIpc) is 3.88. The molecule has 4 aliphatic rings. The van der Waals surface area contributed by atoms with Crippen LogP contribution in [0.2, 0.25) is 0 Å². The molecule has 1 aromatic carbocycles. The molecule has 0 spiro atoms. The molecule has 7 rings (SSSR count). The zero-order valence-corrected chi connectivity index (χ0v) is 33.0. The maximum Gasteiger partial charge on any atom is 0.352 e. The number of aromatic nitrogens is 6. The smallest absolute Gasteiger partial charge is 0.352 e. The zero-order chi connectivity index (χ0) is 39.8. The van der Waals surface area contributed by atoms with E-state index in [1.807, 2.05) is 6.92 Å². The summed E-state index contributed by atoms with van der Waals surface area (Å²) >= 11 is 5.61. The first-order valence-corrected chi connectivity index (χ1v) is 20.0. The third kappa shape index (κ3) is 7.80. The maximum atomic E-state index is 12.8. The number of tetrazole rings is 1. The summed E-state index contributed by atoms with van der Waals surface area (Å²) in [5, 5.41) is 42.9. The lowest BCUT2D eigenvalue weighted by molar-refractivity contribution is -0.159. The van der Waals surface area contributed by atoms with Crippen LogP contribution < -0.4 is 20.1 Å². The summed E-state index contributed by atoms with van der Waals surface area (Å²) in [6.07, 6.45) is 1.29. The van der Waals surface area contributed by atoms with Gasteiger partial charge in [0.15, 0.2) is 4.34 Å². The fourth-order valence-corrected chi connectivity index (χ4v) is 11.3. The number of ether oxygens (including phenoxy) is 2. The van der Waals surface area contributed by atoms with Gasteiger partial charge in [-0.05, 0) is 48.9 Å². The van der Waals surface area contributed by atoms with E-state index >= 15 is 0 Å². The monoisotopic (exact) mass is 834 g/mol. The van der Waals surface area contributed by atoms with Gasteiger partial charge < -0.3 is 35.2 Å². The number of hydrogen-bond donors (Lipinski definition) is 4. The molecule has 2 aromatic heterocycles. The first-order chi connectivity index (χ1) is 26.2. The van der Waals surface area contributed by atoms with Gasteiger partial charge in [-0.1, -0.05) is 29.2 Å². The Morgan fingerprint density at radius 2 is 1.71 bits per heavy atom. The number of carboxylic acids is 2. The van der Waals surface area contributed by atoms with Crippen LogP contribution in [-0.4, -0.2) is 145 Å². The molecule has 55 heavy (non-hydrogen) atoms. The summed E-state index contributed by atoms with van der Waals surface area (Å²) in [7, 11) is 2.88. The van der Waals surface area contributed by atoms with E-state index in [0.717, 1.165) is 9.35 Å². The standard InChI is InChI=1S/C17H20N2O6S.C14H14N8O4S3/c1-17(2)12(16(22)23)19-14(21)11(15(19)26-17)18-13(20)10-8(24-3)6-5-7-9(10)25-4;1-6-17-18-14(29-6)28-4-7-3-27-12-9(11(24)22(12)10(7)13(25)26)16-8(23)2-21-5-15-19-20-21/h5-7,11-12,15H,1-4H3,(H,18,20)(H,22,23);5,9,12H,2-4H2,1H3,(H,16,23)(H,25,26)/t11-,12+,15-;9-,12-/m11/s1. The van der Waals surface area contributed by atoms with Gasteiger partial charge in [-0.2, -0.15) is 0 Å². The van der Waals surface area contributed by atoms with Gasteiger partial charge in [0.25, 0.3) is 11.8 Å². The Morgan fingerprint density at radius 3 is 2.29 bits per heavy atom. The van der Waals surface area contributed by atoms with Crippen LogP contribution in [0.5, 0.6) is 11.5 Å². The minimum absolute atomic E-state index is 0.0153. The quantitative estimate of drug-likeness (QED) is 0.141. The van der Waals surface area contributed by atoms with Crippen LogP contribution >= 0.6 is 46.6 Å². The van der Waals surface area contributed by atoms with Crippen LogP contribution in [0, 0.1) is 6.92 Å². The van der Waals surface area contributed by atoms with Crippen LogP contribution in [0.1, 0.15) is 29.2 Å². The fourth-order valence-electron chi connectivity index (χ4n) is 6.33. The molecule has 20 nitrogen and oxygen atoms in total. The van der Waals surface area contributed by atoms with Crippen molar-refractivity contribution >= 4 is 82.2 Å². The minimum Gasteiger partial charge on any atom is -0.496 e. The molecule has 3 saturated heterocycles. The number of benzene rings is 1. The third-order valence-electron chi connectivity index (χ3n) is 8.76. The summed E-state index contributed by atoms with van der Waals surface area (Å²) in [6.45, 7) is 5.28. The maximum absolute atomic E-state index is 12.8. The molecule has 0 bridgehead atoms. The van der Waals surface area contributed by atoms with Crippen molar-refractivity contribution in [2.75, 3.05) is 25.7 Å². The summed E-state index contributed by atoms with van der Waals surface area (Å²) < 4.78 is 11.8. The number of carboxylic acid groups (broad SMARTS) is 2. The van der Waals surface area contributed by atoms with Crippen molar-refractivity contribution in [2.45, 2.75) is 65.3 Å². The van der Waals surface area contributed by atoms with Crippen LogP contribution in [0.25, 0.3) is 0 Å². The van der Waals surface area contributed by atoms with Crippen molar-refractivity contribution < 1.29 is 48.5 Å². The van der Waals surface area contributed by atoms with E-state index in [9.17, 15) is 39.0 Å². The average molecular weight is 835 g/mol. The van der Waals surface area contributed by atoms with Crippen molar-refractivity contribution in [3.8, 4) is 11.5 Å². The second-order valence-electron chi connectivity index (χ2n) is 12.7. The van der Waals surface area contributed by atoms with Gasteiger partial charge in [0.2, 0.25) is 11.8 Å². The Morgan fingerprint density at radius 1 is 1.02 bits per heavy atom. The van der Waals surface area contributed by atoms with E-state index in [1.54, 1.807) is 32.0 Å². The van der Waals surface area contributed by atoms with Crippen LogP contribution in [0.4, 0.5) is 0 Å². The lowest BCUT2D eigenvalue weighted by Crippen LogP contribution is -2.70. The summed E-state index contributed by atoms with van der Waals surface area (Å²) in [4.78, 5) is 75.9. The molecule has 3 fully saturated rings. The second-order valence-corrected chi connectivity index (χ2v) is 18.0. The molecule has 4 amide bonds. The van der Waals surface area contributed by atoms with E-state index in [1.165, 1.54) is 81.7 Å². The van der Waals surface area contributed by atoms with E-state index in [2.05, 4.69) is 36.4 Å². The molecule has 4 N–H and O–H groups in total. The Labute approximate surface area is 329 Å². The summed E-state index contributed by atoms with van der Waals surface area (Å²) in [5.74, 6) is -2.49. The predicted octanol–water partition coefficient (Wildman–Crippen LogP) is 0.313. The number of methoxy groups -OCH3 is 2. The van der Waals surface area contributed by atoms with Crippen molar-refractivity contribution in [2.24, 2.45) is 0 Å². The molecule has 0 radical (unpaired) electrons. The van der Waals surface area contributed by atoms with Crippen LogP contribution in [-0.2, 0) is 30.5 Å². The highest BCUT2D eigenvalue weighted by atomic mass is 32.2. The van der Waals surface area contributed by atoms with Crippen LogP contribution in [0.3, 0.4) is 0 Å². The number of amides is 4.